The summed E-state index contributed by atoms with van der Waals surface area (Å²) in [6.45, 7) is 4.06. The van der Waals surface area contributed by atoms with Crippen molar-refractivity contribution >= 4 is 73.3 Å². The summed E-state index contributed by atoms with van der Waals surface area (Å²) >= 11 is 7.73. The number of rotatable bonds is 7. The van der Waals surface area contributed by atoms with Gasteiger partial charge in [0.15, 0.2) is 17.1 Å². The molecule has 0 saturated heterocycles. The summed E-state index contributed by atoms with van der Waals surface area (Å²) in [6.07, 6.45) is 5.99. The van der Waals surface area contributed by atoms with Crippen LogP contribution in [0, 0.1) is 19.7 Å². The lowest BCUT2D eigenvalue weighted by molar-refractivity contribution is 0.613. The molecular weight excluding hydrogens is 805 g/mol. The Balaban J connectivity index is 0.000000154. The summed E-state index contributed by atoms with van der Waals surface area (Å²) in [5.74, 6) is 1.07. The molecule has 3 N–H and O–H groups in total. The van der Waals surface area contributed by atoms with E-state index in [-0.39, 0.29) is 23.4 Å². The average molecular weight is 836 g/mol. The number of H-pyrrole nitrogens is 1. The summed E-state index contributed by atoms with van der Waals surface area (Å²) in [7, 11) is 0. The molecule has 0 aliphatic rings. The normalized spacial score (nSPS) is 11.4. The molecule has 0 atom stereocenters. The molecule has 6 heterocycles. The Labute approximate surface area is 347 Å². The third-order valence-electron chi connectivity index (χ3n) is 9.81. The second-order valence-electron chi connectivity index (χ2n) is 13.6. The number of nitrogens with two attached hydrogens (primary N) is 1. The van der Waals surface area contributed by atoms with Crippen molar-refractivity contribution in [3.05, 3.63) is 165 Å². The molecule has 10 aromatic rings. The third-order valence-corrected chi connectivity index (χ3v) is 11.1. The number of hydrogen-bond acceptors (Lipinski definition) is 12. The lowest BCUT2D eigenvalue weighted by atomic mass is 10.1. The monoisotopic (exact) mass is 835 g/mol. The molecule has 4 aromatic carbocycles. The minimum atomic E-state index is -0.487. The molecule has 0 aliphatic carbocycles. The number of nitrogens with one attached hydrogen (secondary N) is 1. The zero-order chi connectivity index (χ0) is 41.5. The van der Waals surface area contributed by atoms with Crippen LogP contribution in [0.4, 0.5) is 10.2 Å². The first kappa shape index (κ1) is 38.2. The number of thioether (sulfide) groups is 1. The van der Waals surface area contributed by atoms with Gasteiger partial charge in [0.2, 0.25) is 0 Å². The SMILES string of the molecule is Cc1cccc2nc(CSc3ncnc4nc[nH]c34)n(-c3ccccc3F)c(=O)c12.Cc1ccccc1-n1c(Cn2cnc3c(N)ncnc32)nc2cccc(Cl)c2c1=O. The molecule has 60 heavy (non-hydrogen) atoms. The zero-order valence-electron chi connectivity index (χ0n) is 31.8. The summed E-state index contributed by atoms with van der Waals surface area (Å²) in [5.41, 5.74) is 11.5. The minimum absolute atomic E-state index is 0.171. The van der Waals surface area contributed by atoms with E-state index < -0.39 is 5.82 Å². The summed E-state index contributed by atoms with van der Waals surface area (Å²) in [6, 6.07) is 24.6. The van der Waals surface area contributed by atoms with Crippen molar-refractivity contribution in [1.82, 2.24) is 58.6 Å². The van der Waals surface area contributed by atoms with Gasteiger partial charge < -0.3 is 15.3 Å². The van der Waals surface area contributed by atoms with Gasteiger partial charge in [-0.15, -0.1) is 0 Å². The predicted molar refractivity (Wildman–Crippen MR) is 229 cm³/mol. The number of fused-ring (bicyclic) bond motifs is 4. The minimum Gasteiger partial charge on any atom is -0.382 e. The van der Waals surface area contributed by atoms with Crippen molar-refractivity contribution in [1.29, 1.82) is 0 Å². The molecule has 0 saturated carbocycles. The first-order chi connectivity index (χ1) is 29.2. The molecule has 0 radical (unpaired) electrons. The maximum atomic E-state index is 14.6. The highest BCUT2D eigenvalue weighted by molar-refractivity contribution is 7.98. The van der Waals surface area contributed by atoms with Gasteiger partial charge in [-0.25, -0.2) is 44.3 Å². The van der Waals surface area contributed by atoms with E-state index >= 15 is 0 Å². The second kappa shape index (κ2) is 15.8. The number of halogens is 2. The summed E-state index contributed by atoms with van der Waals surface area (Å²) in [5, 5.41) is 1.91. The van der Waals surface area contributed by atoms with Crippen LogP contribution in [0.25, 0.3) is 55.5 Å². The smallest absolute Gasteiger partial charge is 0.267 e. The number of benzene rings is 4. The van der Waals surface area contributed by atoms with Crippen LogP contribution in [0.5, 0.6) is 0 Å². The molecule has 0 fully saturated rings. The van der Waals surface area contributed by atoms with Gasteiger partial charge in [-0.1, -0.05) is 71.9 Å². The van der Waals surface area contributed by atoms with Gasteiger partial charge in [0.1, 0.15) is 46.2 Å². The van der Waals surface area contributed by atoms with Crippen molar-refractivity contribution in [2.24, 2.45) is 0 Å². The van der Waals surface area contributed by atoms with Crippen LogP contribution in [0.2, 0.25) is 5.02 Å². The highest BCUT2D eigenvalue weighted by Crippen LogP contribution is 2.28. The number of para-hydroxylation sites is 2. The molecule has 0 amide bonds. The van der Waals surface area contributed by atoms with Crippen molar-refractivity contribution in [3.63, 3.8) is 0 Å². The lowest BCUT2D eigenvalue weighted by Gasteiger charge is -2.16. The first-order valence-electron chi connectivity index (χ1n) is 18.4. The van der Waals surface area contributed by atoms with Crippen LogP contribution in [0.15, 0.2) is 125 Å². The lowest BCUT2D eigenvalue weighted by Crippen LogP contribution is -2.26. The third kappa shape index (κ3) is 6.88. The van der Waals surface area contributed by atoms with E-state index in [0.29, 0.717) is 77.4 Å². The predicted octanol–water partition coefficient (Wildman–Crippen LogP) is 6.91. The van der Waals surface area contributed by atoms with Crippen molar-refractivity contribution in [2.45, 2.75) is 31.2 Å². The number of nitrogens with zero attached hydrogens (tertiary/aromatic N) is 11. The fraction of sp³-hybridized carbons (Fsp3) is 0.0952. The Morgan fingerprint density at radius 3 is 2.23 bits per heavy atom. The van der Waals surface area contributed by atoms with Crippen molar-refractivity contribution in [2.75, 3.05) is 5.73 Å². The Morgan fingerprint density at radius 2 is 1.42 bits per heavy atom. The fourth-order valence-electron chi connectivity index (χ4n) is 6.98. The molecule has 0 bridgehead atoms. The highest BCUT2D eigenvalue weighted by Gasteiger charge is 2.20. The standard InChI is InChI=1S/C21H16ClN7O.C21H15FN6OS/c1-12-5-2-3-8-15(12)29-16(27-14-7-4-6-13(22)17(14)21(29)30)9-28-11-26-18-19(23)24-10-25-20(18)28;1-12-5-4-7-14-17(12)21(29)28(15-8-3-2-6-13(15)22)16(27-14)9-30-20-18-19(24-10-23-18)25-11-26-20/h2-8,10-11H,9H2,1H3,(H2,23,24,25);2-8,10-11H,9H2,1H3,(H,23,24,25,26). The number of nitrogen functional groups attached to an aromatic ring is 1. The van der Waals surface area contributed by atoms with E-state index in [0.717, 1.165) is 16.8 Å². The van der Waals surface area contributed by atoms with Crippen LogP contribution in [0.3, 0.4) is 0 Å². The van der Waals surface area contributed by atoms with E-state index in [1.54, 1.807) is 64.3 Å². The number of aromatic nitrogens is 12. The Hall–Kier alpha value is -7.37. The Morgan fingerprint density at radius 1 is 0.733 bits per heavy atom. The van der Waals surface area contributed by atoms with Crippen LogP contribution in [-0.2, 0) is 12.3 Å². The molecule has 0 aliphatic heterocycles. The van der Waals surface area contributed by atoms with Crippen LogP contribution in [0.1, 0.15) is 22.8 Å². The molecule has 0 unspecified atom stereocenters. The van der Waals surface area contributed by atoms with Crippen LogP contribution >= 0.6 is 23.4 Å². The molecule has 6 aromatic heterocycles. The fourth-order valence-corrected chi connectivity index (χ4v) is 8.10. The maximum absolute atomic E-state index is 14.6. The number of aryl methyl sites for hydroxylation is 2. The number of hydrogen-bond donors (Lipinski definition) is 2. The quantitative estimate of drug-likeness (QED) is 0.125. The van der Waals surface area contributed by atoms with E-state index in [1.165, 1.54) is 35.0 Å². The molecule has 10 rings (SSSR count). The Bertz CT molecular complexity index is 3400. The molecule has 296 valence electrons. The van der Waals surface area contributed by atoms with Crippen LogP contribution < -0.4 is 16.9 Å². The van der Waals surface area contributed by atoms with Gasteiger partial charge in [-0.3, -0.25) is 18.7 Å². The number of imidazole rings is 2. The van der Waals surface area contributed by atoms with Gasteiger partial charge in [-0.2, -0.15) is 0 Å². The highest BCUT2D eigenvalue weighted by atomic mass is 35.5. The van der Waals surface area contributed by atoms with Gasteiger partial charge in [0, 0.05) is 0 Å². The topological polar surface area (TPSA) is 194 Å². The van der Waals surface area contributed by atoms with Gasteiger partial charge in [-0.05, 0) is 61.4 Å². The molecule has 15 nitrogen and oxygen atoms in total. The maximum Gasteiger partial charge on any atom is 0.267 e. The largest absolute Gasteiger partial charge is 0.382 e. The van der Waals surface area contributed by atoms with Gasteiger partial charge in [0.25, 0.3) is 11.1 Å². The molecule has 0 spiro atoms. The number of aromatic amines is 1. The van der Waals surface area contributed by atoms with E-state index in [1.807, 2.05) is 50.2 Å². The van der Waals surface area contributed by atoms with Crippen molar-refractivity contribution in [3.8, 4) is 11.4 Å². The Kier molecular flexibility index (Phi) is 10.0. The van der Waals surface area contributed by atoms with Crippen LogP contribution in [-0.4, -0.2) is 58.6 Å². The average Bonchev–Trinajstić information content (AvgIpc) is 3.90. The van der Waals surface area contributed by atoms with Crippen molar-refractivity contribution < 1.29 is 4.39 Å². The summed E-state index contributed by atoms with van der Waals surface area (Å²) in [4.78, 5) is 64.6. The zero-order valence-corrected chi connectivity index (χ0v) is 33.4. The van der Waals surface area contributed by atoms with Gasteiger partial charge in [0.05, 0.1) is 63.2 Å². The molecule has 18 heteroatoms. The van der Waals surface area contributed by atoms with E-state index in [2.05, 4.69) is 34.9 Å². The number of anilines is 1. The van der Waals surface area contributed by atoms with E-state index in [9.17, 15) is 14.0 Å². The molecular formula is C42H31ClFN13O2S. The van der Waals surface area contributed by atoms with Gasteiger partial charge >= 0.3 is 0 Å². The second-order valence-corrected chi connectivity index (χ2v) is 14.9. The summed E-state index contributed by atoms with van der Waals surface area (Å²) < 4.78 is 19.4. The van der Waals surface area contributed by atoms with E-state index in [4.69, 9.17) is 27.3 Å². The first-order valence-corrected chi connectivity index (χ1v) is 19.7.